The van der Waals surface area contributed by atoms with Crippen LogP contribution in [0, 0.1) is 17.9 Å². The average Bonchev–Trinajstić information content (AvgIpc) is 2.75. The van der Waals surface area contributed by atoms with E-state index in [1.807, 2.05) is 0 Å². The van der Waals surface area contributed by atoms with Gasteiger partial charge >= 0.3 is 6.36 Å². The molecular formula is C22H18F4N2O6. The Labute approximate surface area is 190 Å². The van der Waals surface area contributed by atoms with Gasteiger partial charge in [0, 0.05) is 17.7 Å². The summed E-state index contributed by atoms with van der Waals surface area (Å²) in [5, 5.41) is 22.8. The van der Waals surface area contributed by atoms with Crippen molar-refractivity contribution in [3.8, 4) is 23.0 Å². The Morgan fingerprint density at radius 3 is 2.44 bits per heavy atom. The summed E-state index contributed by atoms with van der Waals surface area (Å²) in [6.45, 7) is 0.825. The van der Waals surface area contributed by atoms with Crippen molar-refractivity contribution in [3.63, 3.8) is 0 Å². The molecule has 34 heavy (non-hydrogen) atoms. The average molecular weight is 482 g/mol. The lowest BCUT2D eigenvalue weighted by atomic mass is 10.1. The number of anilines is 1. The Balaban J connectivity index is 1.97. The van der Waals surface area contributed by atoms with E-state index in [2.05, 4.69) is 10.1 Å². The van der Waals surface area contributed by atoms with Gasteiger partial charge in [0.25, 0.3) is 5.91 Å². The van der Waals surface area contributed by atoms with Gasteiger partial charge < -0.3 is 29.8 Å². The molecule has 180 valence electrons. The summed E-state index contributed by atoms with van der Waals surface area (Å²) in [6, 6.07) is 8.22. The van der Waals surface area contributed by atoms with Crippen LogP contribution >= 0.6 is 0 Å². The number of amides is 1. The number of carbonyl (C=O) groups excluding carboxylic acids is 1. The van der Waals surface area contributed by atoms with Crippen molar-refractivity contribution in [1.82, 2.24) is 0 Å². The van der Waals surface area contributed by atoms with Crippen LogP contribution in [0.1, 0.15) is 15.9 Å². The van der Waals surface area contributed by atoms with Gasteiger partial charge in [0.2, 0.25) is 6.20 Å². The van der Waals surface area contributed by atoms with Crippen LogP contribution in [0.15, 0.2) is 54.9 Å². The van der Waals surface area contributed by atoms with Gasteiger partial charge in [0.05, 0.1) is 6.61 Å². The van der Waals surface area contributed by atoms with Crippen LogP contribution in [0.5, 0.6) is 23.0 Å². The maximum atomic E-state index is 15.2. The van der Waals surface area contributed by atoms with Crippen molar-refractivity contribution in [2.45, 2.75) is 13.3 Å². The number of pyridine rings is 1. The first-order valence-corrected chi connectivity index (χ1v) is 9.68. The normalized spacial score (nSPS) is 11.1. The van der Waals surface area contributed by atoms with Crippen molar-refractivity contribution in [2.75, 3.05) is 18.5 Å². The molecular weight excluding hydrogens is 464 g/mol. The molecule has 1 heterocycles. The predicted octanol–water partition coefficient (Wildman–Crippen LogP) is 4.08. The standard InChI is InChI=1S/C22H18F4N2O6/c1-13-17(32-10-9-29)11-18(33-15-4-6-16(7-5-15)34-22(24,25)26)19(20(13)23)21(30)27-14-3-2-8-28(31)12-14/h2-8,11-12,29H,9-10H2,1H3,(H,27,30). The number of aliphatic hydroxyl groups excluding tert-OH is 1. The third-order valence-electron chi connectivity index (χ3n) is 4.32. The Hall–Kier alpha value is -4.06. The molecule has 12 heteroatoms. The number of nitrogens with zero attached hydrogens (tertiary/aromatic N) is 1. The van der Waals surface area contributed by atoms with Crippen LogP contribution < -0.4 is 24.3 Å². The summed E-state index contributed by atoms with van der Waals surface area (Å²) in [5.41, 5.74) is -0.502. The molecule has 0 saturated heterocycles. The van der Waals surface area contributed by atoms with Crippen molar-refractivity contribution >= 4 is 11.6 Å². The molecule has 0 unspecified atom stereocenters. The maximum Gasteiger partial charge on any atom is 0.573 e. The molecule has 8 nitrogen and oxygen atoms in total. The zero-order valence-corrected chi connectivity index (χ0v) is 17.6. The number of nitrogens with one attached hydrogen (secondary N) is 1. The van der Waals surface area contributed by atoms with E-state index in [4.69, 9.17) is 14.6 Å². The smallest absolute Gasteiger partial charge is 0.573 e. The monoisotopic (exact) mass is 482 g/mol. The fourth-order valence-electron chi connectivity index (χ4n) is 2.86. The second-order valence-electron chi connectivity index (χ2n) is 6.79. The Morgan fingerprint density at radius 1 is 1.15 bits per heavy atom. The van der Waals surface area contributed by atoms with Gasteiger partial charge in [-0.1, -0.05) is 0 Å². The topological polar surface area (TPSA) is 104 Å². The predicted molar refractivity (Wildman–Crippen MR) is 110 cm³/mol. The lowest BCUT2D eigenvalue weighted by Gasteiger charge is -2.17. The van der Waals surface area contributed by atoms with E-state index >= 15 is 4.39 Å². The largest absolute Gasteiger partial charge is 0.619 e. The molecule has 0 spiro atoms. The fourth-order valence-corrected chi connectivity index (χ4v) is 2.86. The maximum absolute atomic E-state index is 15.2. The molecule has 2 N–H and O–H groups in total. The highest BCUT2D eigenvalue weighted by atomic mass is 19.4. The number of aromatic nitrogens is 1. The number of alkyl halides is 3. The highest BCUT2D eigenvalue weighted by Gasteiger charge is 2.31. The molecule has 0 aliphatic rings. The van der Waals surface area contributed by atoms with Crippen LogP contribution in [0.4, 0.5) is 23.2 Å². The summed E-state index contributed by atoms with van der Waals surface area (Å²) in [7, 11) is 0. The highest BCUT2D eigenvalue weighted by Crippen LogP contribution is 2.36. The summed E-state index contributed by atoms with van der Waals surface area (Å²) >= 11 is 0. The van der Waals surface area contributed by atoms with E-state index in [1.54, 1.807) is 0 Å². The van der Waals surface area contributed by atoms with Gasteiger partial charge in [-0.3, -0.25) is 4.79 Å². The number of rotatable bonds is 8. The Kier molecular flexibility index (Phi) is 7.41. The Morgan fingerprint density at radius 2 is 1.82 bits per heavy atom. The number of aliphatic hydroxyl groups is 1. The molecule has 0 bridgehead atoms. The zero-order valence-electron chi connectivity index (χ0n) is 17.6. The van der Waals surface area contributed by atoms with Crippen molar-refractivity contribution < 1.29 is 46.4 Å². The number of halogens is 4. The number of ether oxygens (including phenoxy) is 3. The van der Waals surface area contributed by atoms with Crippen LogP contribution in [-0.4, -0.2) is 30.6 Å². The minimum absolute atomic E-state index is 0.0211. The molecule has 0 radical (unpaired) electrons. The van der Waals surface area contributed by atoms with Crippen LogP contribution in [0.2, 0.25) is 0 Å². The van der Waals surface area contributed by atoms with E-state index in [0.29, 0.717) is 4.73 Å². The third kappa shape index (κ3) is 6.25. The molecule has 0 atom stereocenters. The highest BCUT2D eigenvalue weighted by molar-refractivity contribution is 6.06. The van der Waals surface area contributed by atoms with Crippen molar-refractivity contribution in [2.24, 2.45) is 0 Å². The van der Waals surface area contributed by atoms with Gasteiger partial charge in [-0.25, -0.2) is 4.39 Å². The number of hydrogen-bond donors (Lipinski definition) is 2. The summed E-state index contributed by atoms with van der Waals surface area (Å²) in [4.78, 5) is 12.9. The molecule has 1 aromatic heterocycles. The lowest BCUT2D eigenvalue weighted by Crippen LogP contribution is -2.26. The van der Waals surface area contributed by atoms with Gasteiger partial charge in [-0.2, -0.15) is 4.73 Å². The second kappa shape index (κ2) is 10.3. The van der Waals surface area contributed by atoms with E-state index in [0.717, 1.165) is 30.5 Å². The molecule has 0 aliphatic heterocycles. The van der Waals surface area contributed by atoms with E-state index < -0.39 is 29.4 Å². The van der Waals surface area contributed by atoms with Gasteiger partial charge in [-0.05, 0) is 37.3 Å². The first-order valence-electron chi connectivity index (χ1n) is 9.68. The molecule has 3 aromatic rings. The summed E-state index contributed by atoms with van der Waals surface area (Å²) in [5.74, 6) is -2.82. The zero-order chi connectivity index (χ0) is 24.9. The molecule has 0 fully saturated rings. The first-order chi connectivity index (χ1) is 16.1. The molecule has 0 saturated carbocycles. The Bertz CT molecular complexity index is 1170. The quantitative estimate of drug-likeness (QED) is 0.285. The van der Waals surface area contributed by atoms with E-state index in [1.165, 1.54) is 31.3 Å². The lowest BCUT2D eigenvalue weighted by molar-refractivity contribution is -0.604. The van der Waals surface area contributed by atoms with E-state index in [9.17, 15) is 23.2 Å². The van der Waals surface area contributed by atoms with Crippen LogP contribution in [-0.2, 0) is 0 Å². The molecule has 3 rings (SSSR count). The van der Waals surface area contributed by atoms with Crippen LogP contribution in [0.3, 0.4) is 0 Å². The summed E-state index contributed by atoms with van der Waals surface area (Å²) in [6.07, 6.45) is -2.64. The van der Waals surface area contributed by atoms with Crippen molar-refractivity contribution in [1.29, 1.82) is 0 Å². The van der Waals surface area contributed by atoms with E-state index in [-0.39, 0.29) is 41.7 Å². The first kappa shape index (κ1) is 24.6. The third-order valence-corrected chi connectivity index (χ3v) is 4.32. The SMILES string of the molecule is Cc1c(OCCO)cc(Oc2ccc(OC(F)(F)F)cc2)c(C(=O)Nc2ccc[n+]([O-])c2)c1F. The van der Waals surface area contributed by atoms with Gasteiger partial charge in [0.1, 0.15) is 46.7 Å². The number of hydrogen-bond acceptors (Lipinski definition) is 6. The fraction of sp³-hybridized carbons (Fsp3) is 0.182. The molecule has 2 aromatic carbocycles. The number of carbonyl (C=O) groups is 1. The minimum Gasteiger partial charge on any atom is -0.619 e. The second-order valence-corrected chi connectivity index (χ2v) is 6.79. The van der Waals surface area contributed by atoms with Gasteiger partial charge in [-0.15, -0.1) is 13.2 Å². The molecule has 0 aliphatic carbocycles. The molecule has 1 amide bonds. The van der Waals surface area contributed by atoms with Gasteiger partial charge in [0.15, 0.2) is 6.20 Å². The van der Waals surface area contributed by atoms with Crippen LogP contribution in [0.25, 0.3) is 0 Å². The summed E-state index contributed by atoms with van der Waals surface area (Å²) < 4.78 is 67.5. The minimum atomic E-state index is -4.88. The van der Waals surface area contributed by atoms with Crippen molar-refractivity contribution in [3.05, 3.63) is 77.0 Å². The number of benzene rings is 2.